The van der Waals surface area contributed by atoms with Crippen LogP contribution in [0.1, 0.15) is 27.5 Å². The zero-order valence-corrected chi connectivity index (χ0v) is 8.98. The molecule has 0 bridgehead atoms. The van der Waals surface area contributed by atoms with Crippen LogP contribution in [-0.2, 0) is 0 Å². The van der Waals surface area contributed by atoms with E-state index in [9.17, 15) is 9.18 Å². The highest BCUT2D eigenvalue weighted by atomic mass is 19.1. The Morgan fingerprint density at radius 3 is 2.59 bits per heavy atom. The first-order chi connectivity index (χ1) is 8.25. The third kappa shape index (κ3) is 1.60. The molecule has 2 nitrogen and oxygen atoms in total. The number of rotatable bonds is 1. The van der Waals surface area contributed by atoms with Crippen molar-refractivity contribution in [3.05, 3.63) is 71.0 Å². The minimum Gasteiger partial charge on any atom is -0.341 e. The van der Waals surface area contributed by atoms with Crippen LogP contribution >= 0.6 is 0 Å². The zero-order valence-electron chi connectivity index (χ0n) is 8.98. The molecule has 0 aromatic heterocycles. The fraction of sp³-hybridized carbons (Fsp3) is 0.0714. The van der Waals surface area contributed by atoms with Gasteiger partial charge in [-0.15, -0.1) is 0 Å². The average Bonchev–Trinajstić information content (AvgIpc) is 2.68. The highest BCUT2D eigenvalue weighted by Crippen LogP contribution is 2.30. The lowest BCUT2D eigenvalue weighted by Crippen LogP contribution is -2.19. The first-order valence-electron chi connectivity index (χ1n) is 5.41. The van der Waals surface area contributed by atoms with Gasteiger partial charge in [-0.25, -0.2) is 4.39 Å². The van der Waals surface area contributed by atoms with Crippen molar-refractivity contribution < 1.29 is 9.18 Å². The van der Waals surface area contributed by atoms with Gasteiger partial charge in [-0.2, -0.15) is 0 Å². The first kappa shape index (κ1) is 10.0. The van der Waals surface area contributed by atoms with Gasteiger partial charge < -0.3 is 5.32 Å². The molecule has 1 aliphatic heterocycles. The van der Waals surface area contributed by atoms with Gasteiger partial charge in [0.05, 0.1) is 6.04 Å². The highest BCUT2D eigenvalue weighted by Gasteiger charge is 2.29. The Kier molecular flexibility index (Phi) is 2.18. The molecule has 0 spiro atoms. The van der Waals surface area contributed by atoms with Crippen LogP contribution in [0.2, 0.25) is 0 Å². The summed E-state index contributed by atoms with van der Waals surface area (Å²) in [4.78, 5) is 11.7. The summed E-state index contributed by atoms with van der Waals surface area (Å²) >= 11 is 0. The van der Waals surface area contributed by atoms with E-state index in [1.54, 1.807) is 6.07 Å². The van der Waals surface area contributed by atoms with Crippen molar-refractivity contribution >= 4 is 5.91 Å². The zero-order chi connectivity index (χ0) is 11.8. The minimum absolute atomic E-state index is 0.167. The van der Waals surface area contributed by atoms with E-state index in [2.05, 4.69) is 5.32 Å². The summed E-state index contributed by atoms with van der Waals surface area (Å²) in [5.74, 6) is -0.596. The monoisotopic (exact) mass is 227 g/mol. The minimum atomic E-state index is -0.382. The highest BCUT2D eigenvalue weighted by molar-refractivity contribution is 5.99. The van der Waals surface area contributed by atoms with Crippen molar-refractivity contribution in [1.82, 2.24) is 5.32 Å². The predicted octanol–water partition coefficient (Wildman–Crippen LogP) is 2.66. The van der Waals surface area contributed by atoms with Gasteiger partial charge in [0.25, 0.3) is 5.91 Å². The number of carbonyl (C=O) groups is 1. The van der Waals surface area contributed by atoms with Gasteiger partial charge in [-0.3, -0.25) is 4.79 Å². The van der Waals surface area contributed by atoms with Crippen LogP contribution in [0.15, 0.2) is 48.5 Å². The van der Waals surface area contributed by atoms with Crippen LogP contribution in [0.3, 0.4) is 0 Å². The lowest BCUT2D eigenvalue weighted by Gasteiger charge is -2.11. The van der Waals surface area contributed by atoms with E-state index < -0.39 is 0 Å². The van der Waals surface area contributed by atoms with Gasteiger partial charge in [0.15, 0.2) is 0 Å². The maximum Gasteiger partial charge on any atom is 0.252 e. The average molecular weight is 227 g/mol. The number of fused-ring (bicyclic) bond motifs is 1. The topological polar surface area (TPSA) is 29.1 Å². The fourth-order valence-electron chi connectivity index (χ4n) is 2.17. The largest absolute Gasteiger partial charge is 0.341 e. The SMILES string of the molecule is O=C1NC(c2ccccc2)c2ccc(F)cc21. The molecule has 0 radical (unpaired) electrons. The predicted molar refractivity (Wildman–Crippen MR) is 62.2 cm³/mol. The third-order valence-corrected chi connectivity index (χ3v) is 2.98. The quantitative estimate of drug-likeness (QED) is 0.797. The lowest BCUT2D eigenvalue weighted by molar-refractivity contribution is 0.0960. The normalized spacial score (nSPS) is 17.7. The van der Waals surface area contributed by atoms with Crippen molar-refractivity contribution in [1.29, 1.82) is 0 Å². The van der Waals surface area contributed by atoms with Crippen molar-refractivity contribution in [2.24, 2.45) is 0 Å². The Hall–Kier alpha value is -2.16. The van der Waals surface area contributed by atoms with Gasteiger partial charge in [0.1, 0.15) is 5.82 Å². The van der Waals surface area contributed by atoms with Crippen LogP contribution in [0, 0.1) is 5.82 Å². The molecule has 0 saturated heterocycles. The summed E-state index contributed by atoms with van der Waals surface area (Å²) in [7, 11) is 0. The van der Waals surface area contributed by atoms with Gasteiger partial charge in [-0.05, 0) is 23.3 Å². The summed E-state index contributed by atoms with van der Waals surface area (Å²) in [6, 6.07) is 13.8. The van der Waals surface area contributed by atoms with E-state index in [0.717, 1.165) is 11.1 Å². The Bertz CT molecular complexity index is 580. The van der Waals surface area contributed by atoms with Crippen LogP contribution in [0.25, 0.3) is 0 Å². The number of benzene rings is 2. The standard InChI is InChI=1S/C14H10FNO/c15-10-6-7-11-12(8-10)14(17)16-13(11)9-4-2-1-3-5-9/h1-8,13H,(H,16,17). The van der Waals surface area contributed by atoms with Crippen molar-refractivity contribution in [3.8, 4) is 0 Å². The molecule has 84 valence electrons. The molecule has 3 heteroatoms. The molecule has 0 aliphatic carbocycles. The van der Waals surface area contributed by atoms with E-state index in [0.29, 0.717) is 5.56 Å². The van der Waals surface area contributed by atoms with Crippen molar-refractivity contribution in [2.45, 2.75) is 6.04 Å². The molecule has 2 aromatic carbocycles. The molecule has 1 atom stereocenters. The van der Waals surface area contributed by atoms with E-state index >= 15 is 0 Å². The Morgan fingerprint density at radius 2 is 1.82 bits per heavy atom. The van der Waals surface area contributed by atoms with E-state index in [1.807, 2.05) is 30.3 Å². The van der Waals surface area contributed by atoms with Crippen LogP contribution < -0.4 is 5.32 Å². The van der Waals surface area contributed by atoms with Crippen LogP contribution in [0.5, 0.6) is 0 Å². The second kappa shape index (κ2) is 3.70. The molecule has 3 rings (SSSR count). The van der Waals surface area contributed by atoms with Crippen LogP contribution in [0.4, 0.5) is 4.39 Å². The molecule has 1 unspecified atom stereocenters. The molecular formula is C14H10FNO. The number of nitrogens with one attached hydrogen (secondary N) is 1. The van der Waals surface area contributed by atoms with Gasteiger partial charge >= 0.3 is 0 Å². The Balaban J connectivity index is 2.11. The number of hydrogen-bond acceptors (Lipinski definition) is 1. The number of carbonyl (C=O) groups excluding carboxylic acids is 1. The second-order valence-corrected chi connectivity index (χ2v) is 4.05. The first-order valence-corrected chi connectivity index (χ1v) is 5.41. The van der Waals surface area contributed by atoms with E-state index in [-0.39, 0.29) is 17.8 Å². The molecule has 1 N–H and O–H groups in total. The Morgan fingerprint density at radius 1 is 1.06 bits per heavy atom. The summed E-state index contributed by atoms with van der Waals surface area (Å²) in [5, 5.41) is 2.86. The maximum absolute atomic E-state index is 13.1. The molecular weight excluding hydrogens is 217 g/mol. The lowest BCUT2D eigenvalue weighted by atomic mass is 9.98. The molecule has 1 heterocycles. The second-order valence-electron chi connectivity index (χ2n) is 4.05. The maximum atomic E-state index is 13.1. The number of hydrogen-bond donors (Lipinski definition) is 1. The third-order valence-electron chi connectivity index (χ3n) is 2.98. The van der Waals surface area contributed by atoms with E-state index in [1.165, 1.54) is 12.1 Å². The van der Waals surface area contributed by atoms with Crippen LogP contribution in [-0.4, -0.2) is 5.91 Å². The molecule has 0 saturated carbocycles. The number of amides is 1. The van der Waals surface area contributed by atoms with Crippen molar-refractivity contribution in [2.75, 3.05) is 0 Å². The summed E-state index contributed by atoms with van der Waals surface area (Å²) < 4.78 is 13.1. The van der Waals surface area contributed by atoms with Gasteiger partial charge in [0, 0.05) is 5.56 Å². The molecule has 1 aliphatic rings. The molecule has 1 amide bonds. The van der Waals surface area contributed by atoms with Gasteiger partial charge in [0.2, 0.25) is 0 Å². The fourth-order valence-corrected chi connectivity index (χ4v) is 2.17. The summed E-state index contributed by atoms with van der Waals surface area (Å²) in [6.45, 7) is 0. The smallest absolute Gasteiger partial charge is 0.252 e. The summed E-state index contributed by atoms with van der Waals surface area (Å²) in [6.07, 6.45) is 0. The summed E-state index contributed by atoms with van der Waals surface area (Å²) in [5.41, 5.74) is 2.27. The van der Waals surface area contributed by atoms with E-state index in [4.69, 9.17) is 0 Å². The molecule has 17 heavy (non-hydrogen) atoms. The number of halogens is 1. The van der Waals surface area contributed by atoms with Gasteiger partial charge in [-0.1, -0.05) is 36.4 Å². The van der Waals surface area contributed by atoms with Crippen molar-refractivity contribution in [3.63, 3.8) is 0 Å². The Labute approximate surface area is 98.1 Å². The molecule has 2 aromatic rings. The molecule has 0 fully saturated rings.